The molecule has 1 N–H and O–H groups in total. The van der Waals surface area contributed by atoms with Crippen LogP contribution >= 0.6 is 22.7 Å². The lowest BCUT2D eigenvalue weighted by atomic mass is 10.2. The van der Waals surface area contributed by atoms with E-state index in [1.807, 2.05) is 17.5 Å². The van der Waals surface area contributed by atoms with Crippen molar-refractivity contribution in [3.63, 3.8) is 0 Å². The fourth-order valence-electron chi connectivity index (χ4n) is 1.94. The molecule has 0 saturated heterocycles. The van der Waals surface area contributed by atoms with Crippen LogP contribution in [0.2, 0.25) is 0 Å². The minimum Gasteiger partial charge on any atom is -0.465 e. The Morgan fingerprint density at radius 3 is 2.71 bits per heavy atom. The number of benzene rings is 1. The first-order valence-corrected chi connectivity index (χ1v) is 7.84. The van der Waals surface area contributed by atoms with Crippen molar-refractivity contribution < 1.29 is 14.3 Å². The molecular formula is C15H11NO3S2. The molecule has 3 rings (SSSR count). The number of thiophene rings is 2. The standard InChI is InChI=1S/C15H11NO3S2/c1-19-15(18)9-4-2-3-5-10(9)16-14(17)13-8-12-11(21-13)6-7-20-12/h2-8H,1H3,(H,16,17). The highest BCUT2D eigenvalue weighted by Gasteiger charge is 2.16. The fraction of sp³-hybridized carbons (Fsp3) is 0.0667. The highest BCUT2D eigenvalue weighted by atomic mass is 32.1. The van der Waals surface area contributed by atoms with Crippen LogP contribution in [0.5, 0.6) is 0 Å². The number of rotatable bonds is 3. The Labute approximate surface area is 129 Å². The average molecular weight is 317 g/mol. The van der Waals surface area contributed by atoms with Gasteiger partial charge in [0.15, 0.2) is 0 Å². The summed E-state index contributed by atoms with van der Waals surface area (Å²) >= 11 is 3.03. The van der Waals surface area contributed by atoms with E-state index in [9.17, 15) is 9.59 Å². The molecule has 0 bridgehead atoms. The molecule has 0 unspecified atom stereocenters. The van der Waals surface area contributed by atoms with E-state index in [-0.39, 0.29) is 5.91 Å². The number of hydrogen-bond acceptors (Lipinski definition) is 5. The third kappa shape index (κ3) is 2.68. The van der Waals surface area contributed by atoms with E-state index in [0.717, 1.165) is 9.40 Å². The number of anilines is 1. The van der Waals surface area contributed by atoms with Gasteiger partial charge in [0, 0.05) is 9.40 Å². The second-order valence-electron chi connectivity index (χ2n) is 4.25. The van der Waals surface area contributed by atoms with Gasteiger partial charge in [0.1, 0.15) is 0 Å². The number of hydrogen-bond donors (Lipinski definition) is 1. The molecule has 0 fully saturated rings. The Morgan fingerprint density at radius 2 is 1.95 bits per heavy atom. The summed E-state index contributed by atoms with van der Waals surface area (Å²) in [6.07, 6.45) is 0. The first-order valence-electron chi connectivity index (χ1n) is 6.15. The molecule has 0 aliphatic carbocycles. The summed E-state index contributed by atoms with van der Waals surface area (Å²) in [5, 5.41) is 4.76. The highest BCUT2D eigenvalue weighted by Crippen LogP contribution is 2.30. The predicted octanol–water partition coefficient (Wildman–Crippen LogP) is 4.00. The van der Waals surface area contributed by atoms with Crippen LogP contribution in [-0.2, 0) is 4.74 Å². The van der Waals surface area contributed by atoms with Crippen LogP contribution in [0.15, 0.2) is 41.8 Å². The van der Waals surface area contributed by atoms with Gasteiger partial charge in [0.25, 0.3) is 5.91 Å². The number of amides is 1. The summed E-state index contributed by atoms with van der Waals surface area (Å²) in [5.74, 6) is -0.696. The molecule has 0 aliphatic rings. The molecule has 21 heavy (non-hydrogen) atoms. The van der Waals surface area contributed by atoms with Gasteiger partial charge in [-0.1, -0.05) is 12.1 Å². The monoisotopic (exact) mass is 317 g/mol. The van der Waals surface area contributed by atoms with Crippen LogP contribution in [0.4, 0.5) is 5.69 Å². The van der Waals surface area contributed by atoms with Gasteiger partial charge in [-0.25, -0.2) is 4.79 Å². The SMILES string of the molecule is COC(=O)c1ccccc1NC(=O)c1cc2sccc2s1. The van der Waals surface area contributed by atoms with Crippen molar-refractivity contribution in [2.24, 2.45) is 0 Å². The minimum absolute atomic E-state index is 0.222. The van der Waals surface area contributed by atoms with Crippen LogP contribution in [0.3, 0.4) is 0 Å². The fourth-order valence-corrected chi connectivity index (χ4v) is 3.95. The van der Waals surface area contributed by atoms with Crippen molar-refractivity contribution in [2.75, 3.05) is 12.4 Å². The van der Waals surface area contributed by atoms with Gasteiger partial charge in [-0.3, -0.25) is 4.79 Å². The lowest BCUT2D eigenvalue weighted by molar-refractivity contribution is 0.0602. The molecular weight excluding hydrogens is 306 g/mol. The molecule has 0 spiro atoms. The zero-order valence-electron chi connectivity index (χ0n) is 11.1. The number of esters is 1. The number of fused-ring (bicyclic) bond motifs is 1. The number of ether oxygens (including phenoxy) is 1. The van der Waals surface area contributed by atoms with Crippen molar-refractivity contribution in [3.05, 3.63) is 52.2 Å². The molecule has 3 aromatic rings. The zero-order chi connectivity index (χ0) is 14.8. The third-order valence-electron chi connectivity index (χ3n) is 2.94. The second kappa shape index (κ2) is 5.67. The van der Waals surface area contributed by atoms with Crippen LogP contribution in [0.25, 0.3) is 9.40 Å². The summed E-state index contributed by atoms with van der Waals surface area (Å²) in [6.45, 7) is 0. The minimum atomic E-state index is -0.474. The van der Waals surface area contributed by atoms with Crippen LogP contribution in [-0.4, -0.2) is 19.0 Å². The van der Waals surface area contributed by atoms with E-state index in [1.165, 1.54) is 18.4 Å². The van der Waals surface area contributed by atoms with Gasteiger partial charge >= 0.3 is 5.97 Å². The molecule has 0 aliphatic heterocycles. The molecule has 0 radical (unpaired) electrons. The van der Waals surface area contributed by atoms with E-state index in [2.05, 4.69) is 5.32 Å². The lowest BCUT2D eigenvalue weighted by Gasteiger charge is -2.08. The number of carbonyl (C=O) groups excluding carboxylic acids is 2. The van der Waals surface area contributed by atoms with E-state index in [4.69, 9.17) is 4.74 Å². The Balaban J connectivity index is 1.88. The van der Waals surface area contributed by atoms with E-state index >= 15 is 0 Å². The predicted molar refractivity (Wildman–Crippen MR) is 85.4 cm³/mol. The van der Waals surface area contributed by atoms with Gasteiger partial charge in [-0.15, -0.1) is 22.7 Å². The molecule has 2 heterocycles. The number of methoxy groups -OCH3 is 1. The van der Waals surface area contributed by atoms with E-state index in [1.54, 1.807) is 35.6 Å². The normalized spacial score (nSPS) is 10.5. The highest BCUT2D eigenvalue weighted by molar-refractivity contribution is 7.27. The summed E-state index contributed by atoms with van der Waals surface area (Å²) in [4.78, 5) is 24.6. The van der Waals surface area contributed by atoms with Crippen LogP contribution in [0.1, 0.15) is 20.0 Å². The number of para-hydroxylation sites is 1. The zero-order valence-corrected chi connectivity index (χ0v) is 12.7. The summed E-state index contributed by atoms with van der Waals surface area (Å²) in [7, 11) is 1.31. The van der Waals surface area contributed by atoms with Crippen LogP contribution in [0, 0.1) is 0 Å². The third-order valence-corrected chi connectivity index (χ3v) is 5.04. The molecule has 0 saturated carbocycles. The maximum atomic E-state index is 12.3. The Bertz CT molecular complexity index is 791. The van der Waals surface area contributed by atoms with Gasteiger partial charge in [0.05, 0.1) is 23.2 Å². The Hall–Kier alpha value is -2.18. The largest absolute Gasteiger partial charge is 0.465 e. The van der Waals surface area contributed by atoms with Crippen molar-refractivity contribution in [1.29, 1.82) is 0 Å². The first-order chi connectivity index (χ1) is 10.2. The Morgan fingerprint density at radius 1 is 1.14 bits per heavy atom. The molecule has 2 aromatic heterocycles. The van der Waals surface area contributed by atoms with E-state index < -0.39 is 5.97 Å². The topological polar surface area (TPSA) is 55.4 Å². The molecule has 6 heteroatoms. The van der Waals surface area contributed by atoms with Crippen molar-refractivity contribution in [1.82, 2.24) is 0 Å². The second-order valence-corrected chi connectivity index (χ2v) is 6.28. The summed E-state index contributed by atoms with van der Waals surface area (Å²) in [5.41, 5.74) is 0.790. The van der Waals surface area contributed by atoms with Crippen LogP contribution < -0.4 is 5.32 Å². The molecule has 106 valence electrons. The van der Waals surface area contributed by atoms with Gasteiger partial charge < -0.3 is 10.1 Å². The van der Waals surface area contributed by atoms with Crippen molar-refractivity contribution >= 4 is 49.6 Å². The van der Waals surface area contributed by atoms with Gasteiger partial charge in [-0.05, 0) is 29.6 Å². The number of carbonyl (C=O) groups is 2. The molecule has 4 nitrogen and oxygen atoms in total. The van der Waals surface area contributed by atoms with Gasteiger partial charge in [0.2, 0.25) is 0 Å². The van der Waals surface area contributed by atoms with Gasteiger partial charge in [-0.2, -0.15) is 0 Å². The van der Waals surface area contributed by atoms with Crippen molar-refractivity contribution in [2.45, 2.75) is 0 Å². The summed E-state index contributed by atoms with van der Waals surface area (Å²) in [6, 6.07) is 10.6. The van der Waals surface area contributed by atoms with E-state index in [0.29, 0.717) is 16.1 Å². The molecule has 0 atom stereocenters. The first kappa shape index (κ1) is 13.8. The number of nitrogens with one attached hydrogen (secondary N) is 1. The lowest BCUT2D eigenvalue weighted by Crippen LogP contribution is -2.14. The van der Waals surface area contributed by atoms with Crippen molar-refractivity contribution in [3.8, 4) is 0 Å². The molecule has 1 amide bonds. The average Bonchev–Trinajstić information content (AvgIpc) is 3.08. The Kier molecular flexibility index (Phi) is 3.72. The maximum Gasteiger partial charge on any atom is 0.339 e. The summed E-state index contributed by atoms with van der Waals surface area (Å²) < 4.78 is 6.89. The quantitative estimate of drug-likeness (QED) is 0.743. The maximum absolute atomic E-state index is 12.3. The smallest absolute Gasteiger partial charge is 0.339 e. The molecule has 1 aromatic carbocycles.